The Balaban J connectivity index is 1.83. The second-order valence-electron chi connectivity index (χ2n) is 6.36. The zero-order valence-electron chi connectivity index (χ0n) is 16.2. The summed E-state index contributed by atoms with van der Waals surface area (Å²) < 4.78 is 12.3. The van der Waals surface area contributed by atoms with Crippen LogP contribution in [0.2, 0.25) is 5.02 Å². The largest absolute Gasteiger partial charge is 0.493 e. The second-order valence-corrected chi connectivity index (χ2v) is 6.79. The van der Waals surface area contributed by atoms with E-state index in [1.165, 1.54) is 7.11 Å². The molecule has 0 radical (unpaired) electrons. The van der Waals surface area contributed by atoms with E-state index in [1.807, 2.05) is 42.8 Å². The number of aromatic nitrogens is 2. The van der Waals surface area contributed by atoms with Crippen molar-refractivity contribution < 1.29 is 14.3 Å². The normalized spacial score (nSPS) is 10.6. The maximum Gasteiger partial charge on any atom is 0.255 e. The van der Waals surface area contributed by atoms with E-state index in [-0.39, 0.29) is 5.91 Å². The van der Waals surface area contributed by atoms with Gasteiger partial charge in [-0.15, -0.1) is 0 Å². The number of rotatable bonds is 6. The first kappa shape index (κ1) is 19.8. The molecule has 146 valence electrons. The van der Waals surface area contributed by atoms with Crippen LogP contribution in [0, 0.1) is 13.8 Å². The summed E-state index contributed by atoms with van der Waals surface area (Å²) in [6.07, 6.45) is 0. The van der Waals surface area contributed by atoms with Gasteiger partial charge < -0.3 is 14.8 Å². The molecule has 0 aliphatic heterocycles. The Bertz CT molecular complexity index is 1010. The standard InChI is InChI=1S/C21H22ClN3O3/c1-13-20(14(2)25(24-13)12-15-6-5-7-17(22)10-15)23-21(26)16-8-9-18(27-3)19(11-16)28-4/h5-11H,12H2,1-4H3,(H,23,26). The van der Waals surface area contributed by atoms with Crippen LogP contribution in [0.3, 0.4) is 0 Å². The average molecular weight is 400 g/mol. The van der Waals surface area contributed by atoms with Crippen LogP contribution in [0.25, 0.3) is 0 Å². The molecule has 1 N–H and O–H groups in total. The Morgan fingerprint density at radius 1 is 1.11 bits per heavy atom. The van der Waals surface area contributed by atoms with E-state index < -0.39 is 0 Å². The maximum absolute atomic E-state index is 12.7. The van der Waals surface area contributed by atoms with Gasteiger partial charge in [0, 0.05) is 10.6 Å². The first-order chi connectivity index (χ1) is 13.4. The van der Waals surface area contributed by atoms with Gasteiger partial charge in [-0.3, -0.25) is 9.48 Å². The molecule has 0 aliphatic rings. The van der Waals surface area contributed by atoms with E-state index in [0.29, 0.717) is 34.3 Å². The van der Waals surface area contributed by atoms with E-state index in [1.54, 1.807) is 25.3 Å². The van der Waals surface area contributed by atoms with Gasteiger partial charge >= 0.3 is 0 Å². The number of nitrogens with zero attached hydrogens (tertiary/aromatic N) is 2. The molecule has 1 heterocycles. The molecule has 3 rings (SSSR count). The fraction of sp³-hybridized carbons (Fsp3) is 0.238. The highest BCUT2D eigenvalue weighted by Gasteiger charge is 2.17. The van der Waals surface area contributed by atoms with Gasteiger partial charge in [-0.25, -0.2) is 0 Å². The van der Waals surface area contributed by atoms with Crippen molar-refractivity contribution in [3.05, 3.63) is 70.0 Å². The summed E-state index contributed by atoms with van der Waals surface area (Å²) in [5.74, 6) is 0.829. The lowest BCUT2D eigenvalue weighted by molar-refractivity contribution is 0.102. The van der Waals surface area contributed by atoms with Gasteiger partial charge in [-0.2, -0.15) is 5.10 Å². The summed E-state index contributed by atoms with van der Waals surface area (Å²) in [6, 6.07) is 12.7. The first-order valence-electron chi connectivity index (χ1n) is 8.74. The van der Waals surface area contributed by atoms with E-state index in [9.17, 15) is 4.79 Å². The SMILES string of the molecule is COc1ccc(C(=O)Nc2c(C)nn(Cc3cccc(Cl)c3)c2C)cc1OC. The number of hydrogen-bond acceptors (Lipinski definition) is 4. The molecule has 0 spiro atoms. The van der Waals surface area contributed by atoms with Gasteiger partial charge in [0.25, 0.3) is 5.91 Å². The Hall–Kier alpha value is -2.99. The number of carbonyl (C=O) groups excluding carboxylic acids is 1. The molecular formula is C21H22ClN3O3. The fourth-order valence-electron chi connectivity index (χ4n) is 3.00. The van der Waals surface area contributed by atoms with Crippen molar-refractivity contribution in [1.82, 2.24) is 9.78 Å². The van der Waals surface area contributed by atoms with Crippen molar-refractivity contribution in [3.8, 4) is 11.5 Å². The molecule has 0 aliphatic carbocycles. The zero-order chi connectivity index (χ0) is 20.3. The van der Waals surface area contributed by atoms with Crippen molar-refractivity contribution in [3.63, 3.8) is 0 Å². The Morgan fingerprint density at radius 2 is 1.86 bits per heavy atom. The first-order valence-corrected chi connectivity index (χ1v) is 9.12. The predicted octanol–water partition coefficient (Wildman–Crippen LogP) is 4.47. The van der Waals surface area contributed by atoms with Crippen LogP contribution in [-0.2, 0) is 6.54 Å². The Morgan fingerprint density at radius 3 is 2.54 bits per heavy atom. The number of amides is 1. The van der Waals surface area contributed by atoms with E-state index in [0.717, 1.165) is 17.0 Å². The fourth-order valence-corrected chi connectivity index (χ4v) is 3.22. The predicted molar refractivity (Wildman–Crippen MR) is 110 cm³/mol. The smallest absolute Gasteiger partial charge is 0.255 e. The number of benzene rings is 2. The van der Waals surface area contributed by atoms with Gasteiger partial charge in [0.1, 0.15) is 0 Å². The number of anilines is 1. The van der Waals surface area contributed by atoms with Crippen LogP contribution in [0.1, 0.15) is 27.3 Å². The summed E-state index contributed by atoms with van der Waals surface area (Å²) in [6.45, 7) is 4.36. The Kier molecular flexibility index (Phi) is 5.90. The highest BCUT2D eigenvalue weighted by atomic mass is 35.5. The minimum atomic E-state index is -0.241. The topological polar surface area (TPSA) is 65.4 Å². The molecule has 0 fully saturated rings. The minimum absolute atomic E-state index is 0.241. The minimum Gasteiger partial charge on any atom is -0.493 e. The molecule has 0 saturated carbocycles. The van der Waals surface area contributed by atoms with Crippen LogP contribution in [0.4, 0.5) is 5.69 Å². The number of ether oxygens (including phenoxy) is 2. The summed E-state index contributed by atoms with van der Waals surface area (Å²) >= 11 is 6.06. The third-order valence-corrected chi connectivity index (χ3v) is 4.72. The van der Waals surface area contributed by atoms with Gasteiger partial charge in [-0.1, -0.05) is 23.7 Å². The third kappa shape index (κ3) is 4.12. The van der Waals surface area contributed by atoms with Crippen molar-refractivity contribution in [2.24, 2.45) is 0 Å². The summed E-state index contributed by atoms with van der Waals surface area (Å²) in [7, 11) is 3.09. The van der Waals surface area contributed by atoms with Crippen LogP contribution in [0.5, 0.6) is 11.5 Å². The van der Waals surface area contributed by atoms with E-state index in [2.05, 4.69) is 10.4 Å². The van der Waals surface area contributed by atoms with E-state index >= 15 is 0 Å². The van der Waals surface area contributed by atoms with Crippen molar-refractivity contribution in [1.29, 1.82) is 0 Å². The number of hydrogen-bond donors (Lipinski definition) is 1. The van der Waals surface area contributed by atoms with Gasteiger partial charge in [-0.05, 0) is 49.7 Å². The molecule has 3 aromatic rings. The average Bonchev–Trinajstić information content (AvgIpc) is 2.94. The lowest BCUT2D eigenvalue weighted by atomic mass is 10.1. The van der Waals surface area contributed by atoms with Gasteiger partial charge in [0.05, 0.1) is 37.8 Å². The highest BCUT2D eigenvalue weighted by molar-refractivity contribution is 6.30. The number of nitrogens with one attached hydrogen (secondary N) is 1. The lowest BCUT2D eigenvalue weighted by Crippen LogP contribution is -2.13. The van der Waals surface area contributed by atoms with Crippen LogP contribution in [-0.4, -0.2) is 29.9 Å². The highest BCUT2D eigenvalue weighted by Crippen LogP contribution is 2.28. The second kappa shape index (κ2) is 8.35. The number of methoxy groups -OCH3 is 2. The number of halogens is 1. The summed E-state index contributed by atoms with van der Waals surface area (Å²) in [4.78, 5) is 12.7. The number of carbonyl (C=O) groups is 1. The lowest BCUT2D eigenvalue weighted by Gasteiger charge is -2.10. The van der Waals surface area contributed by atoms with Crippen LogP contribution in [0.15, 0.2) is 42.5 Å². The molecule has 1 amide bonds. The summed E-state index contributed by atoms with van der Waals surface area (Å²) in [5, 5.41) is 8.20. The van der Waals surface area contributed by atoms with Gasteiger partial charge in [0.15, 0.2) is 11.5 Å². The van der Waals surface area contributed by atoms with Gasteiger partial charge in [0.2, 0.25) is 0 Å². The molecule has 6 nitrogen and oxygen atoms in total. The van der Waals surface area contributed by atoms with E-state index in [4.69, 9.17) is 21.1 Å². The third-order valence-electron chi connectivity index (χ3n) is 4.49. The summed E-state index contributed by atoms with van der Waals surface area (Å²) in [5.41, 5.74) is 3.82. The molecule has 0 unspecified atom stereocenters. The quantitative estimate of drug-likeness (QED) is 0.664. The van der Waals surface area contributed by atoms with Crippen molar-refractivity contribution >= 4 is 23.2 Å². The van der Waals surface area contributed by atoms with Crippen molar-refractivity contribution in [2.75, 3.05) is 19.5 Å². The molecule has 28 heavy (non-hydrogen) atoms. The van der Waals surface area contributed by atoms with Crippen LogP contribution < -0.4 is 14.8 Å². The molecule has 0 atom stereocenters. The molecule has 2 aromatic carbocycles. The molecule has 7 heteroatoms. The number of aryl methyl sites for hydroxylation is 1. The van der Waals surface area contributed by atoms with Crippen LogP contribution >= 0.6 is 11.6 Å². The van der Waals surface area contributed by atoms with Crippen molar-refractivity contribution in [2.45, 2.75) is 20.4 Å². The molecule has 1 aromatic heterocycles. The monoisotopic (exact) mass is 399 g/mol. The molecular weight excluding hydrogens is 378 g/mol. The molecule has 0 saturated heterocycles. The maximum atomic E-state index is 12.7. The molecule has 0 bridgehead atoms. The Labute approximate surface area is 169 Å². The zero-order valence-corrected chi connectivity index (χ0v) is 17.0.